The molecule has 0 spiro atoms. The molecule has 0 radical (unpaired) electrons. The van der Waals surface area contributed by atoms with Crippen LogP contribution in [0.3, 0.4) is 0 Å². The average molecular weight is 302 g/mol. The van der Waals surface area contributed by atoms with Crippen LogP contribution in [0.1, 0.15) is 22.5 Å². The number of aliphatic hydroxyl groups excluding tert-OH is 1. The molecule has 1 fully saturated rings. The van der Waals surface area contributed by atoms with Gasteiger partial charge in [0.2, 0.25) is 5.91 Å². The monoisotopic (exact) mass is 302 g/mol. The summed E-state index contributed by atoms with van der Waals surface area (Å²) in [6, 6.07) is 3.14. The average Bonchev–Trinajstić information content (AvgIpc) is 2.91. The number of amides is 2. The second kappa shape index (κ2) is 5.76. The van der Waals surface area contributed by atoms with Crippen molar-refractivity contribution in [2.45, 2.75) is 19.4 Å². The molecule has 2 amide bonds. The molecule has 0 saturated carbocycles. The van der Waals surface area contributed by atoms with Gasteiger partial charge in [-0.25, -0.2) is 4.98 Å². The van der Waals surface area contributed by atoms with Gasteiger partial charge in [-0.1, -0.05) is 6.07 Å². The smallest absolute Gasteiger partial charge is 0.274 e. The van der Waals surface area contributed by atoms with Gasteiger partial charge in [0.1, 0.15) is 17.4 Å². The summed E-state index contributed by atoms with van der Waals surface area (Å²) in [4.78, 5) is 30.4. The molecular weight excluding hydrogens is 284 g/mol. The lowest BCUT2D eigenvalue weighted by molar-refractivity contribution is -0.128. The van der Waals surface area contributed by atoms with E-state index >= 15 is 0 Å². The first-order valence-electron chi connectivity index (χ1n) is 7.25. The largest absolute Gasteiger partial charge is 0.396 e. The molecule has 0 aliphatic carbocycles. The maximum atomic E-state index is 12.7. The van der Waals surface area contributed by atoms with Gasteiger partial charge in [-0.05, 0) is 25.0 Å². The van der Waals surface area contributed by atoms with Crippen molar-refractivity contribution in [2.75, 3.05) is 19.7 Å². The highest BCUT2D eigenvalue weighted by atomic mass is 16.3. The zero-order valence-electron chi connectivity index (χ0n) is 12.3. The van der Waals surface area contributed by atoms with Crippen LogP contribution in [0.15, 0.2) is 24.5 Å². The van der Waals surface area contributed by atoms with E-state index in [1.807, 2.05) is 25.3 Å². The number of nitrogens with one attached hydrogen (secondary N) is 1. The molecule has 1 saturated heterocycles. The molecule has 1 atom stereocenters. The minimum Gasteiger partial charge on any atom is -0.396 e. The molecule has 0 unspecified atom stereocenters. The number of hydrogen-bond donors (Lipinski definition) is 2. The van der Waals surface area contributed by atoms with Crippen molar-refractivity contribution in [1.29, 1.82) is 0 Å². The van der Waals surface area contributed by atoms with Crippen LogP contribution in [0.2, 0.25) is 0 Å². The third kappa shape index (κ3) is 2.55. The number of carbonyl (C=O) groups excluding carboxylic acids is 2. The number of piperazine rings is 1. The van der Waals surface area contributed by atoms with Crippen LogP contribution in [-0.2, 0) is 4.79 Å². The zero-order chi connectivity index (χ0) is 15.7. The summed E-state index contributed by atoms with van der Waals surface area (Å²) in [5.41, 5.74) is 2.07. The zero-order valence-corrected chi connectivity index (χ0v) is 12.3. The highest BCUT2D eigenvalue weighted by Crippen LogP contribution is 2.15. The van der Waals surface area contributed by atoms with Crippen LogP contribution in [0.25, 0.3) is 5.65 Å². The van der Waals surface area contributed by atoms with E-state index in [1.54, 1.807) is 10.6 Å². The molecule has 22 heavy (non-hydrogen) atoms. The first-order chi connectivity index (χ1) is 10.6. The van der Waals surface area contributed by atoms with Crippen molar-refractivity contribution >= 4 is 17.5 Å². The van der Waals surface area contributed by atoms with Crippen LogP contribution < -0.4 is 5.32 Å². The van der Waals surface area contributed by atoms with Gasteiger partial charge in [0.15, 0.2) is 0 Å². The number of imidazole rings is 1. The number of aromatic nitrogens is 2. The van der Waals surface area contributed by atoms with Crippen LogP contribution >= 0.6 is 0 Å². The Morgan fingerprint density at radius 3 is 3.05 bits per heavy atom. The van der Waals surface area contributed by atoms with Crippen LogP contribution in [0.5, 0.6) is 0 Å². The third-order valence-electron chi connectivity index (χ3n) is 3.81. The topological polar surface area (TPSA) is 86.9 Å². The van der Waals surface area contributed by atoms with E-state index in [1.165, 1.54) is 4.90 Å². The highest BCUT2D eigenvalue weighted by Gasteiger charge is 2.33. The van der Waals surface area contributed by atoms with E-state index in [4.69, 9.17) is 5.11 Å². The number of pyridine rings is 1. The van der Waals surface area contributed by atoms with Crippen molar-refractivity contribution in [2.24, 2.45) is 0 Å². The number of aryl methyl sites for hydroxylation is 1. The second-order valence-corrected chi connectivity index (χ2v) is 5.42. The Kier molecular flexibility index (Phi) is 3.81. The Morgan fingerprint density at radius 2 is 2.27 bits per heavy atom. The van der Waals surface area contributed by atoms with E-state index in [-0.39, 0.29) is 24.8 Å². The van der Waals surface area contributed by atoms with Gasteiger partial charge in [0.05, 0.1) is 0 Å². The molecule has 2 N–H and O–H groups in total. The first-order valence-corrected chi connectivity index (χ1v) is 7.25. The maximum Gasteiger partial charge on any atom is 0.274 e. The molecule has 7 nitrogen and oxygen atoms in total. The van der Waals surface area contributed by atoms with Crippen LogP contribution in [0.4, 0.5) is 0 Å². The summed E-state index contributed by atoms with van der Waals surface area (Å²) in [5.74, 6) is -0.511. The molecule has 7 heteroatoms. The third-order valence-corrected chi connectivity index (χ3v) is 3.81. The summed E-state index contributed by atoms with van der Waals surface area (Å²) in [7, 11) is 0. The van der Waals surface area contributed by atoms with E-state index in [9.17, 15) is 9.59 Å². The molecule has 1 aliphatic rings. The van der Waals surface area contributed by atoms with Crippen molar-refractivity contribution in [3.63, 3.8) is 0 Å². The fourth-order valence-corrected chi connectivity index (χ4v) is 2.72. The molecule has 2 aromatic heterocycles. The van der Waals surface area contributed by atoms with E-state index < -0.39 is 6.04 Å². The van der Waals surface area contributed by atoms with Gasteiger partial charge in [-0.2, -0.15) is 0 Å². The normalized spacial score (nSPS) is 18.5. The number of rotatable bonds is 3. The molecule has 0 aromatic carbocycles. The lowest BCUT2D eigenvalue weighted by Crippen LogP contribution is -2.57. The number of fused-ring (bicyclic) bond motifs is 1. The predicted molar refractivity (Wildman–Crippen MR) is 79.5 cm³/mol. The molecule has 3 rings (SSSR count). The highest BCUT2D eigenvalue weighted by molar-refractivity contribution is 5.97. The fraction of sp³-hybridized carbons (Fsp3) is 0.400. The minimum atomic E-state index is -0.641. The number of aliphatic hydroxyl groups is 1. The standard InChI is InChI=1S/C15H18N4O3/c1-10-2-3-13-17-11(9-18(13)8-10)15(22)19-6-5-16-14(21)12(19)4-7-20/h2-3,8-9,12,20H,4-7H2,1H3,(H,16,21)/t12-/m0/s1. The lowest BCUT2D eigenvalue weighted by atomic mass is 10.1. The second-order valence-electron chi connectivity index (χ2n) is 5.42. The summed E-state index contributed by atoms with van der Waals surface area (Å²) in [5, 5.41) is 11.8. The van der Waals surface area contributed by atoms with Gasteiger partial charge in [0.25, 0.3) is 5.91 Å². The lowest BCUT2D eigenvalue weighted by Gasteiger charge is -2.34. The van der Waals surface area contributed by atoms with Gasteiger partial charge in [0, 0.05) is 32.1 Å². The van der Waals surface area contributed by atoms with Crippen molar-refractivity contribution < 1.29 is 14.7 Å². The fourth-order valence-electron chi connectivity index (χ4n) is 2.72. The Bertz CT molecular complexity index is 725. The predicted octanol–water partition coefficient (Wildman–Crippen LogP) is -0.0343. The molecule has 0 bridgehead atoms. The van der Waals surface area contributed by atoms with Gasteiger partial charge in [-0.3, -0.25) is 9.59 Å². The Balaban J connectivity index is 1.91. The summed E-state index contributed by atoms with van der Waals surface area (Å²) >= 11 is 0. The van der Waals surface area contributed by atoms with Gasteiger partial charge < -0.3 is 19.7 Å². The van der Waals surface area contributed by atoms with Gasteiger partial charge in [-0.15, -0.1) is 0 Å². The number of carbonyl (C=O) groups is 2. The Labute approximate surface area is 127 Å². The molecule has 1 aliphatic heterocycles. The first kappa shape index (κ1) is 14.5. The maximum absolute atomic E-state index is 12.7. The van der Waals surface area contributed by atoms with Crippen molar-refractivity contribution in [1.82, 2.24) is 19.6 Å². The quantitative estimate of drug-likeness (QED) is 0.833. The van der Waals surface area contributed by atoms with Crippen molar-refractivity contribution in [3.05, 3.63) is 35.8 Å². The Hall–Kier alpha value is -2.41. The van der Waals surface area contributed by atoms with Crippen LogP contribution in [-0.4, -0.2) is 56.9 Å². The summed E-state index contributed by atoms with van der Waals surface area (Å²) in [6.45, 7) is 2.65. The number of hydrogen-bond acceptors (Lipinski definition) is 4. The summed E-state index contributed by atoms with van der Waals surface area (Å²) in [6.07, 6.45) is 3.80. The molecule has 116 valence electrons. The SMILES string of the molecule is Cc1ccc2nc(C(=O)N3CCNC(=O)[C@@H]3CCO)cn2c1. The summed E-state index contributed by atoms with van der Waals surface area (Å²) < 4.78 is 1.80. The van der Waals surface area contributed by atoms with E-state index in [0.29, 0.717) is 24.4 Å². The minimum absolute atomic E-state index is 0.147. The molecule has 2 aromatic rings. The van der Waals surface area contributed by atoms with E-state index in [0.717, 1.165) is 5.56 Å². The molecular formula is C15H18N4O3. The van der Waals surface area contributed by atoms with Crippen LogP contribution in [0, 0.1) is 6.92 Å². The van der Waals surface area contributed by atoms with E-state index in [2.05, 4.69) is 10.3 Å². The Morgan fingerprint density at radius 1 is 1.45 bits per heavy atom. The number of nitrogens with zero attached hydrogens (tertiary/aromatic N) is 3. The van der Waals surface area contributed by atoms with Crippen molar-refractivity contribution in [3.8, 4) is 0 Å². The molecule has 3 heterocycles. The van der Waals surface area contributed by atoms with Gasteiger partial charge >= 0.3 is 0 Å².